The van der Waals surface area contributed by atoms with Gasteiger partial charge in [-0.2, -0.15) is 0 Å². The summed E-state index contributed by atoms with van der Waals surface area (Å²) in [4.78, 5) is 0. The average Bonchev–Trinajstić information content (AvgIpc) is 2.85. The van der Waals surface area contributed by atoms with Gasteiger partial charge in [0.1, 0.15) is 12.4 Å². The molecule has 6 heteroatoms. The molecule has 0 amide bonds. The Kier molecular flexibility index (Phi) is 6.54. The molecule has 1 aromatic rings. The lowest BCUT2D eigenvalue weighted by Gasteiger charge is -2.16. The van der Waals surface area contributed by atoms with E-state index < -0.39 is 10.0 Å². The molecular formula is C13H23NO4S. The SMILES string of the molecule is CCCCC(CCC)NS(=O)(=O)c1ccc(CO)o1. The first-order valence-corrected chi connectivity index (χ1v) is 8.23. The second kappa shape index (κ2) is 7.67. The van der Waals surface area contributed by atoms with Crippen LogP contribution in [0.5, 0.6) is 0 Å². The zero-order valence-corrected chi connectivity index (χ0v) is 12.4. The largest absolute Gasteiger partial charge is 0.446 e. The van der Waals surface area contributed by atoms with Gasteiger partial charge >= 0.3 is 0 Å². The maximum absolute atomic E-state index is 12.1. The Morgan fingerprint density at radius 1 is 1.26 bits per heavy atom. The van der Waals surface area contributed by atoms with E-state index in [1.54, 1.807) is 0 Å². The zero-order chi connectivity index (χ0) is 14.3. The number of aliphatic hydroxyl groups is 1. The molecule has 0 bridgehead atoms. The highest BCUT2D eigenvalue weighted by atomic mass is 32.2. The molecule has 0 aliphatic carbocycles. The lowest BCUT2D eigenvalue weighted by molar-refractivity contribution is 0.236. The fraction of sp³-hybridized carbons (Fsp3) is 0.692. The van der Waals surface area contributed by atoms with E-state index in [9.17, 15) is 8.42 Å². The predicted octanol–water partition coefficient (Wildman–Crippen LogP) is 2.41. The minimum Gasteiger partial charge on any atom is -0.446 e. The van der Waals surface area contributed by atoms with Crippen LogP contribution in [0.25, 0.3) is 0 Å². The van der Waals surface area contributed by atoms with Crippen LogP contribution in [0.1, 0.15) is 51.7 Å². The van der Waals surface area contributed by atoms with Gasteiger partial charge in [0.15, 0.2) is 0 Å². The van der Waals surface area contributed by atoms with Crippen LogP contribution in [-0.2, 0) is 16.6 Å². The smallest absolute Gasteiger partial charge is 0.274 e. The third-order valence-corrected chi connectivity index (χ3v) is 4.32. The summed E-state index contributed by atoms with van der Waals surface area (Å²) >= 11 is 0. The number of hydrogen-bond donors (Lipinski definition) is 2. The molecule has 2 N–H and O–H groups in total. The number of rotatable bonds is 9. The number of unbranched alkanes of at least 4 members (excludes halogenated alkanes) is 1. The molecule has 110 valence electrons. The van der Waals surface area contributed by atoms with Crippen molar-refractivity contribution in [3.05, 3.63) is 17.9 Å². The van der Waals surface area contributed by atoms with Crippen molar-refractivity contribution in [2.24, 2.45) is 0 Å². The van der Waals surface area contributed by atoms with Crippen LogP contribution in [0, 0.1) is 0 Å². The van der Waals surface area contributed by atoms with Crippen LogP contribution in [0.3, 0.4) is 0 Å². The van der Waals surface area contributed by atoms with Gasteiger partial charge in [-0.3, -0.25) is 0 Å². The summed E-state index contributed by atoms with van der Waals surface area (Å²) < 4.78 is 32.0. The second-order valence-corrected chi connectivity index (χ2v) is 6.27. The first kappa shape index (κ1) is 16.2. The maximum atomic E-state index is 12.1. The van der Waals surface area contributed by atoms with Crippen LogP contribution < -0.4 is 4.72 Å². The van der Waals surface area contributed by atoms with E-state index >= 15 is 0 Å². The average molecular weight is 289 g/mol. The Morgan fingerprint density at radius 3 is 2.53 bits per heavy atom. The van der Waals surface area contributed by atoms with Gasteiger partial charge in [-0.05, 0) is 25.0 Å². The van der Waals surface area contributed by atoms with E-state index in [0.717, 1.165) is 32.1 Å². The summed E-state index contributed by atoms with van der Waals surface area (Å²) in [7, 11) is -3.63. The summed E-state index contributed by atoms with van der Waals surface area (Å²) in [6.45, 7) is 3.81. The molecule has 0 saturated heterocycles. The van der Waals surface area contributed by atoms with Gasteiger partial charge in [0.25, 0.3) is 10.0 Å². The van der Waals surface area contributed by atoms with Crippen molar-refractivity contribution in [1.82, 2.24) is 4.72 Å². The molecule has 1 aromatic heterocycles. The van der Waals surface area contributed by atoms with Crippen LogP contribution in [0.15, 0.2) is 21.6 Å². The third-order valence-electron chi connectivity index (χ3n) is 2.92. The van der Waals surface area contributed by atoms with Crippen molar-refractivity contribution in [2.75, 3.05) is 0 Å². The van der Waals surface area contributed by atoms with Gasteiger partial charge in [0, 0.05) is 6.04 Å². The normalized spacial score (nSPS) is 13.6. The summed E-state index contributed by atoms with van der Waals surface area (Å²) in [5, 5.41) is 8.76. The Hall–Kier alpha value is -0.850. The first-order valence-electron chi connectivity index (χ1n) is 6.75. The van der Waals surface area contributed by atoms with Crippen LogP contribution in [-0.4, -0.2) is 19.6 Å². The quantitative estimate of drug-likeness (QED) is 0.731. The molecule has 1 heterocycles. The fourth-order valence-corrected chi connectivity index (χ4v) is 3.18. The van der Waals surface area contributed by atoms with Crippen LogP contribution in [0.4, 0.5) is 0 Å². The number of sulfonamides is 1. The molecule has 5 nitrogen and oxygen atoms in total. The van der Waals surface area contributed by atoms with Crippen molar-refractivity contribution >= 4 is 10.0 Å². The van der Waals surface area contributed by atoms with E-state index in [-0.39, 0.29) is 23.5 Å². The molecule has 1 rings (SSSR count). The summed E-state index contributed by atoms with van der Waals surface area (Å²) in [5.74, 6) is 0.251. The monoisotopic (exact) mass is 289 g/mol. The minimum atomic E-state index is -3.63. The van der Waals surface area contributed by atoms with Gasteiger partial charge in [-0.1, -0.05) is 33.1 Å². The molecule has 1 atom stereocenters. The fourth-order valence-electron chi connectivity index (χ4n) is 1.93. The van der Waals surface area contributed by atoms with Crippen LogP contribution in [0.2, 0.25) is 0 Å². The van der Waals surface area contributed by atoms with Gasteiger partial charge in [0.2, 0.25) is 5.09 Å². The topological polar surface area (TPSA) is 79.5 Å². The molecule has 0 aliphatic rings. The van der Waals surface area contributed by atoms with Gasteiger partial charge in [0.05, 0.1) is 0 Å². The lowest BCUT2D eigenvalue weighted by Crippen LogP contribution is -2.34. The molecule has 0 aliphatic heterocycles. The molecule has 0 spiro atoms. The second-order valence-electron chi connectivity index (χ2n) is 4.63. The van der Waals surface area contributed by atoms with Gasteiger partial charge in [-0.15, -0.1) is 0 Å². The maximum Gasteiger partial charge on any atom is 0.274 e. The highest BCUT2D eigenvalue weighted by Crippen LogP contribution is 2.16. The van der Waals surface area contributed by atoms with E-state index in [0.29, 0.717) is 0 Å². The summed E-state index contributed by atoms with van der Waals surface area (Å²) in [6, 6.07) is 2.78. The number of aliphatic hydroxyl groups excluding tert-OH is 1. The van der Waals surface area contributed by atoms with Gasteiger partial charge in [-0.25, -0.2) is 13.1 Å². The Morgan fingerprint density at radius 2 is 2.00 bits per heavy atom. The van der Waals surface area contributed by atoms with Crippen molar-refractivity contribution in [3.63, 3.8) is 0 Å². The minimum absolute atomic E-state index is 0.0578. The van der Waals surface area contributed by atoms with E-state index in [1.807, 2.05) is 6.92 Å². The van der Waals surface area contributed by atoms with E-state index in [2.05, 4.69) is 11.6 Å². The van der Waals surface area contributed by atoms with E-state index in [1.165, 1.54) is 12.1 Å². The lowest BCUT2D eigenvalue weighted by atomic mass is 10.1. The highest BCUT2D eigenvalue weighted by molar-refractivity contribution is 7.89. The Labute approximate surface area is 115 Å². The van der Waals surface area contributed by atoms with Crippen molar-refractivity contribution in [3.8, 4) is 0 Å². The highest BCUT2D eigenvalue weighted by Gasteiger charge is 2.22. The molecular weight excluding hydrogens is 266 g/mol. The van der Waals surface area contributed by atoms with E-state index in [4.69, 9.17) is 9.52 Å². The number of hydrogen-bond acceptors (Lipinski definition) is 4. The molecule has 0 aromatic carbocycles. The molecule has 19 heavy (non-hydrogen) atoms. The predicted molar refractivity (Wildman–Crippen MR) is 73.2 cm³/mol. The molecule has 0 fully saturated rings. The summed E-state index contributed by atoms with van der Waals surface area (Å²) in [6.07, 6.45) is 4.60. The molecule has 0 radical (unpaired) electrons. The number of furan rings is 1. The summed E-state index contributed by atoms with van der Waals surface area (Å²) in [5.41, 5.74) is 0. The zero-order valence-electron chi connectivity index (χ0n) is 11.6. The Bertz CT molecular complexity index is 467. The van der Waals surface area contributed by atoms with Crippen molar-refractivity contribution in [2.45, 2.75) is 63.7 Å². The number of nitrogens with one attached hydrogen (secondary N) is 1. The van der Waals surface area contributed by atoms with Crippen molar-refractivity contribution < 1.29 is 17.9 Å². The third kappa shape index (κ3) is 4.97. The molecule has 0 saturated carbocycles. The standard InChI is InChI=1S/C13H23NO4S/c1-3-5-7-11(6-4-2)14-19(16,17)13-9-8-12(10-15)18-13/h8-9,11,14-15H,3-7,10H2,1-2H3. The van der Waals surface area contributed by atoms with Crippen LogP contribution >= 0.6 is 0 Å². The first-order chi connectivity index (χ1) is 9.03. The van der Waals surface area contributed by atoms with Gasteiger partial charge < -0.3 is 9.52 Å². The molecule has 1 unspecified atom stereocenters. The van der Waals surface area contributed by atoms with Crippen molar-refractivity contribution in [1.29, 1.82) is 0 Å². The Balaban J connectivity index is 2.74.